The highest BCUT2D eigenvalue weighted by molar-refractivity contribution is 5.87. The molecule has 7 nitrogen and oxygen atoms in total. The first-order valence-corrected chi connectivity index (χ1v) is 6.94. The number of hydrogen-bond donors (Lipinski definition) is 1. The van der Waals surface area contributed by atoms with Gasteiger partial charge in [0, 0.05) is 6.08 Å². The molecule has 7 heteroatoms. The van der Waals surface area contributed by atoms with Gasteiger partial charge in [-0.25, -0.2) is 4.79 Å². The van der Waals surface area contributed by atoms with Gasteiger partial charge in [-0.3, -0.25) is 10.1 Å². The Balaban J connectivity index is 2.13. The van der Waals surface area contributed by atoms with Crippen molar-refractivity contribution >= 4 is 12.0 Å². The molecule has 0 spiro atoms. The van der Waals surface area contributed by atoms with Gasteiger partial charge in [0.2, 0.25) is 6.20 Å². The van der Waals surface area contributed by atoms with Crippen molar-refractivity contribution in [3.63, 3.8) is 0 Å². The van der Waals surface area contributed by atoms with Crippen molar-refractivity contribution in [3.05, 3.63) is 75.5 Å². The molecule has 0 aromatic heterocycles. The van der Waals surface area contributed by atoms with Crippen LogP contribution in [0.3, 0.4) is 0 Å². The van der Waals surface area contributed by atoms with Gasteiger partial charge in [-0.1, -0.05) is 18.2 Å². The van der Waals surface area contributed by atoms with E-state index in [1.54, 1.807) is 30.3 Å². The average Bonchev–Trinajstić information content (AvgIpc) is 2.58. The molecular formula is C17H15NO6. The van der Waals surface area contributed by atoms with E-state index in [-0.39, 0.29) is 12.2 Å². The maximum Gasteiger partial charge on any atom is 0.335 e. The van der Waals surface area contributed by atoms with E-state index in [4.69, 9.17) is 14.6 Å². The summed E-state index contributed by atoms with van der Waals surface area (Å²) in [7, 11) is 1.47. The van der Waals surface area contributed by atoms with Crippen molar-refractivity contribution in [2.24, 2.45) is 0 Å². The molecule has 0 saturated heterocycles. The average molecular weight is 329 g/mol. The number of methoxy groups -OCH3 is 1. The standard InChI is InChI=1S/C17H15NO6/c1-23-16-10-12(7-8-18(21)22)5-6-15(16)24-11-13-3-2-4-14(9-13)17(19)20/h2-10H,11H2,1H3,(H,19,20)/b8-7+. The lowest BCUT2D eigenvalue weighted by molar-refractivity contribution is -0.400. The molecule has 2 rings (SSSR count). The predicted octanol–water partition coefficient (Wildman–Crippen LogP) is 3.22. The van der Waals surface area contributed by atoms with Crippen LogP contribution in [0.5, 0.6) is 11.5 Å². The van der Waals surface area contributed by atoms with Gasteiger partial charge in [-0.05, 0) is 35.4 Å². The Bertz CT molecular complexity index is 784. The molecule has 0 saturated carbocycles. The second-order valence-corrected chi connectivity index (χ2v) is 4.81. The minimum absolute atomic E-state index is 0.168. The number of rotatable bonds is 7. The lowest BCUT2D eigenvalue weighted by Gasteiger charge is -2.11. The summed E-state index contributed by atoms with van der Waals surface area (Å²) in [5.74, 6) is -0.122. The summed E-state index contributed by atoms with van der Waals surface area (Å²) in [5, 5.41) is 19.3. The number of benzene rings is 2. The summed E-state index contributed by atoms with van der Waals surface area (Å²) < 4.78 is 10.9. The second-order valence-electron chi connectivity index (χ2n) is 4.81. The second kappa shape index (κ2) is 7.77. The lowest BCUT2D eigenvalue weighted by Crippen LogP contribution is -2.01. The van der Waals surface area contributed by atoms with E-state index < -0.39 is 10.9 Å². The quantitative estimate of drug-likeness (QED) is 0.618. The van der Waals surface area contributed by atoms with E-state index in [2.05, 4.69) is 0 Å². The minimum atomic E-state index is -1.00. The third-order valence-electron chi connectivity index (χ3n) is 3.14. The first-order chi connectivity index (χ1) is 11.5. The molecule has 0 bridgehead atoms. The highest BCUT2D eigenvalue weighted by Crippen LogP contribution is 2.29. The third-order valence-corrected chi connectivity index (χ3v) is 3.14. The van der Waals surface area contributed by atoms with Crippen LogP contribution >= 0.6 is 0 Å². The zero-order valence-corrected chi connectivity index (χ0v) is 12.8. The molecule has 2 aromatic rings. The highest BCUT2D eigenvalue weighted by atomic mass is 16.6. The molecule has 1 N–H and O–H groups in total. The number of nitro groups is 1. The Morgan fingerprint density at radius 3 is 2.71 bits per heavy atom. The van der Waals surface area contributed by atoms with Gasteiger partial charge in [0.05, 0.1) is 17.6 Å². The van der Waals surface area contributed by atoms with Gasteiger partial charge < -0.3 is 14.6 Å². The van der Waals surface area contributed by atoms with Crippen molar-refractivity contribution in [2.75, 3.05) is 7.11 Å². The van der Waals surface area contributed by atoms with E-state index >= 15 is 0 Å². The topological polar surface area (TPSA) is 98.9 Å². The molecule has 124 valence electrons. The summed E-state index contributed by atoms with van der Waals surface area (Å²) in [4.78, 5) is 20.8. The van der Waals surface area contributed by atoms with Crippen LogP contribution in [0.15, 0.2) is 48.7 Å². The fourth-order valence-corrected chi connectivity index (χ4v) is 2.01. The maximum atomic E-state index is 11.0. The zero-order chi connectivity index (χ0) is 17.5. The SMILES string of the molecule is COc1cc(/C=C/[N+](=O)[O-])ccc1OCc1cccc(C(=O)O)c1. The molecule has 0 aliphatic heterocycles. The molecule has 2 aromatic carbocycles. The van der Waals surface area contributed by atoms with Crippen LogP contribution in [-0.2, 0) is 6.61 Å². The Kier molecular flexibility index (Phi) is 5.51. The molecule has 24 heavy (non-hydrogen) atoms. The summed E-state index contributed by atoms with van der Waals surface area (Å²) in [6, 6.07) is 11.3. The fourth-order valence-electron chi connectivity index (χ4n) is 2.01. The number of carboxylic acids is 1. The Morgan fingerprint density at radius 1 is 1.25 bits per heavy atom. The first-order valence-electron chi connectivity index (χ1n) is 6.94. The third kappa shape index (κ3) is 4.57. The number of carbonyl (C=O) groups is 1. The van der Waals surface area contributed by atoms with E-state index in [1.807, 2.05) is 0 Å². The molecule has 0 amide bonds. The number of aromatic carboxylic acids is 1. The van der Waals surface area contributed by atoms with Crippen molar-refractivity contribution < 1.29 is 24.3 Å². The van der Waals surface area contributed by atoms with Crippen LogP contribution in [0.25, 0.3) is 6.08 Å². The Morgan fingerprint density at radius 2 is 2.04 bits per heavy atom. The van der Waals surface area contributed by atoms with Gasteiger partial charge in [0.25, 0.3) is 0 Å². The number of carboxylic acid groups (broad SMARTS) is 1. The van der Waals surface area contributed by atoms with Crippen LogP contribution in [0.2, 0.25) is 0 Å². The van der Waals surface area contributed by atoms with E-state index in [0.29, 0.717) is 22.6 Å². The summed E-state index contributed by atoms with van der Waals surface area (Å²) >= 11 is 0. The van der Waals surface area contributed by atoms with Crippen molar-refractivity contribution in [2.45, 2.75) is 6.61 Å². The molecular weight excluding hydrogens is 314 g/mol. The highest BCUT2D eigenvalue weighted by Gasteiger charge is 2.07. The molecule has 0 aliphatic rings. The summed E-state index contributed by atoms with van der Waals surface area (Å²) in [5.41, 5.74) is 1.49. The zero-order valence-electron chi connectivity index (χ0n) is 12.8. The minimum Gasteiger partial charge on any atom is -0.493 e. The molecule has 0 aliphatic carbocycles. The van der Waals surface area contributed by atoms with Crippen molar-refractivity contribution in [1.29, 1.82) is 0 Å². The smallest absolute Gasteiger partial charge is 0.335 e. The van der Waals surface area contributed by atoms with Crippen LogP contribution in [0.1, 0.15) is 21.5 Å². The van der Waals surface area contributed by atoms with Crippen LogP contribution in [0.4, 0.5) is 0 Å². The Labute approximate surface area is 137 Å². The van der Waals surface area contributed by atoms with Gasteiger partial charge in [-0.15, -0.1) is 0 Å². The van der Waals surface area contributed by atoms with Gasteiger partial charge >= 0.3 is 5.97 Å². The lowest BCUT2D eigenvalue weighted by atomic mass is 10.1. The normalized spacial score (nSPS) is 10.5. The van der Waals surface area contributed by atoms with Crippen molar-refractivity contribution in [3.8, 4) is 11.5 Å². The van der Waals surface area contributed by atoms with E-state index in [9.17, 15) is 14.9 Å². The van der Waals surface area contributed by atoms with Gasteiger partial charge in [0.15, 0.2) is 11.5 Å². The van der Waals surface area contributed by atoms with Crippen LogP contribution in [0, 0.1) is 10.1 Å². The summed E-state index contributed by atoms with van der Waals surface area (Å²) in [6.45, 7) is 0.168. The number of nitrogens with zero attached hydrogens (tertiary/aromatic N) is 1. The van der Waals surface area contributed by atoms with Crippen molar-refractivity contribution in [1.82, 2.24) is 0 Å². The largest absolute Gasteiger partial charge is 0.493 e. The number of ether oxygens (including phenoxy) is 2. The molecule has 0 atom stereocenters. The van der Waals surface area contributed by atoms with E-state index in [1.165, 1.54) is 25.3 Å². The predicted molar refractivity (Wildman–Crippen MR) is 86.8 cm³/mol. The summed E-state index contributed by atoms with van der Waals surface area (Å²) in [6.07, 6.45) is 2.19. The monoisotopic (exact) mass is 329 g/mol. The van der Waals surface area contributed by atoms with Crippen LogP contribution < -0.4 is 9.47 Å². The molecule has 0 unspecified atom stereocenters. The van der Waals surface area contributed by atoms with Crippen LogP contribution in [-0.4, -0.2) is 23.1 Å². The Hall–Kier alpha value is -3.35. The fraction of sp³-hybridized carbons (Fsp3) is 0.118. The van der Waals surface area contributed by atoms with Gasteiger partial charge in [-0.2, -0.15) is 0 Å². The number of hydrogen-bond acceptors (Lipinski definition) is 5. The van der Waals surface area contributed by atoms with Gasteiger partial charge in [0.1, 0.15) is 6.61 Å². The first kappa shape index (κ1) is 17.0. The molecule has 0 heterocycles. The molecule has 0 fully saturated rings. The molecule has 0 radical (unpaired) electrons. The maximum absolute atomic E-state index is 11.0. The van der Waals surface area contributed by atoms with E-state index in [0.717, 1.165) is 6.20 Å².